The molecule has 0 unspecified atom stereocenters. The van der Waals surface area contributed by atoms with Gasteiger partial charge in [0.15, 0.2) is 6.61 Å². The van der Waals surface area contributed by atoms with Gasteiger partial charge in [0.2, 0.25) is 0 Å². The van der Waals surface area contributed by atoms with Crippen molar-refractivity contribution in [2.75, 3.05) is 22.8 Å². The molecule has 0 aliphatic heterocycles. The fourth-order valence-corrected chi connectivity index (χ4v) is 4.74. The largest absolute Gasteiger partial charge is 0.483 e. The molecule has 1 N–H and O–H groups in total. The molecule has 0 fully saturated rings. The van der Waals surface area contributed by atoms with Gasteiger partial charge in [-0.25, -0.2) is 8.42 Å². The second-order valence-corrected chi connectivity index (χ2v) is 9.08. The lowest BCUT2D eigenvalue weighted by molar-refractivity contribution is -0.118. The molecule has 0 saturated carbocycles. The van der Waals surface area contributed by atoms with E-state index in [4.69, 9.17) is 16.3 Å². The standard InChI is InChI=1S/C23H23ClN2O4S/c1-3-26(20-7-5-4-6-8-20)31(28,29)21-12-10-19(11-13-21)25-23(27)16-30-22-14-9-18(24)15-17(22)2/h4-15H,3,16H2,1-2H3,(H,25,27). The molecule has 0 heterocycles. The third-order valence-corrected chi connectivity index (χ3v) is 6.71. The van der Waals surface area contributed by atoms with Crippen LogP contribution >= 0.6 is 11.6 Å². The number of sulfonamides is 1. The molecule has 8 heteroatoms. The summed E-state index contributed by atoms with van der Waals surface area (Å²) in [4.78, 5) is 12.3. The van der Waals surface area contributed by atoms with Crippen molar-refractivity contribution >= 4 is 38.9 Å². The number of aryl methyl sites for hydroxylation is 1. The highest BCUT2D eigenvalue weighted by atomic mass is 35.5. The zero-order valence-electron chi connectivity index (χ0n) is 17.2. The SMILES string of the molecule is CCN(c1ccccc1)S(=O)(=O)c1ccc(NC(=O)COc2ccc(Cl)cc2C)cc1. The van der Waals surface area contributed by atoms with Crippen LogP contribution < -0.4 is 14.4 Å². The topological polar surface area (TPSA) is 75.7 Å². The fraction of sp³-hybridized carbons (Fsp3) is 0.174. The first-order valence-electron chi connectivity index (χ1n) is 9.68. The fourth-order valence-electron chi connectivity index (χ4n) is 3.04. The Labute approximate surface area is 187 Å². The Morgan fingerprint density at radius 3 is 2.32 bits per heavy atom. The Balaban J connectivity index is 1.66. The van der Waals surface area contributed by atoms with Crippen molar-refractivity contribution in [3.63, 3.8) is 0 Å². The summed E-state index contributed by atoms with van der Waals surface area (Å²) < 4.78 is 32.9. The molecule has 31 heavy (non-hydrogen) atoms. The van der Waals surface area contributed by atoms with Crippen LogP contribution in [0.4, 0.5) is 11.4 Å². The van der Waals surface area contributed by atoms with Crippen molar-refractivity contribution in [2.45, 2.75) is 18.7 Å². The van der Waals surface area contributed by atoms with E-state index in [1.165, 1.54) is 16.4 Å². The van der Waals surface area contributed by atoms with Crippen LogP contribution in [0, 0.1) is 6.92 Å². The molecular weight excluding hydrogens is 436 g/mol. The van der Waals surface area contributed by atoms with Gasteiger partial charge < -0.3 is 10.1 Å². The first kappa shape index (κ1) is 22.7. The third kappa shape index (κ3) is 5.57. The van der Waals surface area contributed by atoms with E-state index in [0.29, 0.717) is 28.7 Å². The number of ether oxygens (including phenoxy) is 1. The minimum Gasteiger partial charge on any atom is -0.483 e. The van der Waals surface area contributed by atoms with Gasteiger partial charge in [-0.05, 0) is 74.0 Å². The molecule has 162 valence electrons. The number of anilines is 2. The quantitative estimate of drug-likeness (QED) is 0.522. The van der Waals surface area contributed by atoms with Crippen LogP contribution in [0.15, 0.2) is 77.7 Å². The number of nitrogens with one attached hydrogen (secondary N) is 1. The average Bonchev–Trinajstić information content (AvgIpc) is 2.74. The average molecular weight is 459 g/mol. The molecule has 3 aromatic carbocycles. The summed E-state index contributed by atoms with van der Waals surface area (Å²) in [6, 6.07) is 20.1. The molecule has 0 spiro atoms. The summed E-state index contributed by atoms with van der Waals surface area (Å²) in [6.45, 7) is 3.74. The minimum atomic E-state index is -3.72. The molecule has 3 aromatic rings. The van der Waals surface area contributed by atoms with Crippen LogP contribution in [0.3, 0.4) is 0 Å². The highest BCUT2D eigenvalue weighted by Gasteiger charge is 2.23. The number of carbonyl (C=O) groups excluding carboxylic acids is 1. The second kappa shape index (κ2) is 9.85. The minimum absolute atomic E-state index is 0.143. The molecule has 3 rings (SSSR count). The van der Waals surface area contributed by atoms with Crippen LogP contribution in [0.2, 0.25) is 5.02 Å². The molecule has 0 bridgehead atoms. The lowest BCUT2D eigenvalue weighted by Crippen LogP contribution is -2.30. The van der Waals surface area contributed by atoms with Gasteiger partial charge in [-0.2, -0.15) is 0 Å². The number of benzene rings is 3. The van der Waals surface area contributed by atoms with E-state index in [9.17, 15) is 13.2 Å². The van der Waals surface area contributed by atoms with Crippen LogP contribution in [0.25, 0.3) is 0 Å². The van der Waals surface area contributed by atoms with Gasteiger partial charge in [-0.3, -0.25) is 9.10 Å². The summed E-state index contributed by atoms with van der Waals surface area (Å²) >= 11 is 5.91. The van der Waals surface area contributed by atoms with Crippen molar-refractivity contribution < 1.29 is 17.9 Å². The smallest absolute Gasteiger partial charge is 0.264 e. The number of nitrogens with zero attached hydrogens (tertiary/aromatic N) is 1. The van der Waals surface area contributed by atoms with Crippen LogP contribution in [0.5, 0.6) is 5.75 Å². The Kier molecular flexibility index (Phi) is 7.20. The summed E-state index contributed by atoms with van der Waals surface area (Å²) in [5, 5.41) is 3.29. The molecule has 0 atom stereocenters. The van der Waals surface area contributed by atoms with E-state index in [1.807, 2.05) is 13.0 Å². The lowest BCUT2D eigenvalue weighted by atomic mass is 10.2. The van der Waals surface area contributed by atoms with E-state index in [2.05, 4.69) is 5.32 Å². The molecule has 0 aromatic heterocycles. The van der Waals surface area contributed by atoms with Crippen molar-refractivity contribution in [3.8, 4) is 5.75 Å². The highest BCUT2D eigenvalue weighted by Crippen LogP contribution is 2.25. The van der Waals surface area contributed by atoms with Crippen LogP contribution in [-0.2, 0) is 14.8 Å². The maximum Gasteiger partial charge on any atom is 0.264 e. The van der Waals surface area contributed by atoms with E-state index < -0.39 is 10.0 Å². The molecular formula is C23H23ClN2O4S. The van der Waals surface area contributed by atoms with Gasteiger partial charge in [-0.15, -0.1) is 0 Å². The maximum atomic E-state index is 13.0. The van der Waals surface area contributed by atoms with Crippen LogP contribution in [0.1, 0.15) is 12.5 Å². The van der Waals surface area contributed by atoms with E-state index in [-0.39, 0.29) is 17.4 Å². The Morgan fingerprint density at radius 1 is 1.03 bits per heavy atom. The zero-order valence-corrected chi connectivity index (χ0v) is 18.8. The molecule has 6 nitrogen and oxygen atoms in total. The Morgan fingerprint density at radius 2 is 1.71 bits per heavy atom. The number of amides is 1. The maximum absolute atomic E-state index is 13.0. The van der Waals surface area contributed by atoms with Gasteiger partial charge in [-0.1, -0.05) is 29.8 Å². The molecule has 0 aliphatic rings. The summed E-state index contributed by atoms with van der Waals surface area (Å²) in [7, 11) is -3.72. The number of rotatable bonds is 8. The predicted molar refractivity (Wildman–Crippen MR) is 123 cm³/mol. The lowest BCUT2D eigenvalue weighted by Gasteiger charge is -2.23. The second-order valence-electron chi connectivity index (χ2n) is 6.78. The monoisotopic (exact) mass is 458 g/mol. The zero-order chi connectivity index (χ0) is 22.4. The summed E-state index contributed by atoms with van der Waals surface area (Å²) in [5.41, 5.74) is 1.90. The van der Waals surface area contributed by atoms with Gasteiger partial charge in [0.05, 0.1) is 10.6 Å². The first-order chi connectivity index (χ1) is 14.8. The van der Waals surface area contributed by atoms with Gasteiger partial charge in [0.1, 0.15) is 5.75 Å². The molecule has 0 saturated heterocycles. The van der Waals surface area contributed by atoms with Crippen molar-refractivity contribution in [2.24, 2.45) is 0 Å². The summed E-state index contributed by atoms with van der Waals surface area (Å²) in [5.74, 6) is 0.214. The van der Waals surface area contributed by atoms with E-state index >= 15 is 0 Å². The first-order valence-corrected chi connectivity index (χ1v) is 11.5. The van der Waals surface area contributed by atoms with Crippen molar-refractivity contribution in [1.29, 1.82) is 0 Å². The summed E-state index contributed by atoms with van der Waals surface area (Å²) in [6.07, 6.45) is 0. The van der Waals surface area contributed by atoms with Crippen molar-refractivity contribution in [3.05, 3.63) is 83.4 Å². The van der Waals surface area contributed by atoms with Gasteiger partial charge in [0.25, 0.3) is 15.9 Å². The normalized spacial score (nSPS) is 11.1. The van der Waals surface area contributed by atoms with E-state index in [1.54, 1.807) is 61.5 Å². The van der Waals surface area contributed by atoms with Crippen LogP contribution in [-0.4, -0.2) is 27.5 Å². The molecule has 0 radical (unpaired) electrons. The number of halogens is 1. The third-order valence-electron chi connectivity index (χ3n) is 4.55. The highest BCUT2D eigenvalue weighted by molar-refractivity contribution is 7.92. The van der Waals surface area contributed by atoms with Crippen molar-refractivity contribution in [1.82, 2.24) is 0 Å². The molecule has 0 aliphatic carbocycles. The molecule has 1 amide bonds. The van der Waals surface area contributed by atoms with Gasteiger partial charge in [0, 0.05) is 17.3 Å². The van der Waals surface area contributed by atoms with E-state index in [0.717, 1.165) is 5.56 Å². The Bertz CT molecular complexity index is 1150. The number of para-hydroxylation sites is 1. The number of hydrogen-bond acceptors (Lipinski definition) is 4. The number of hydrogen-bond donors (Lipinski definition) is 1. The Hall–Kier alpha value is -3.03. The van der Waals surface area contributed by atoms with Gasteiger partial charge >= 0.3 is 0 Å². The predicted octanol–water partition coefficient (Wildman–Crippen LogP) is 4.88. The number of carbonyl (C=O) groups is 1.